The van der Waals surface area contributed by atoms with E-state index in [2.05, 4.69) is 30.6 Å². The van der Waals surface area contributed by atoms with Crippen LogP contribution in [0, 0.1) is 12.7 Å². The molecule has 1 unspecified atom stereocenters. The fourth-order valence-electron chi connectivity index (χ4n) is 1.90. The van der Waals surface area contributed by atoms with Gasteiger partial charge in [-0.1, -0.05) is 12.1 Å². The summed E-state index contributed by atoms with van der Waals surface area (Å²) in [7, 11) is 0. The molecule has 1 aromatic carbocycles. The Morgan fingerprint density at radius 2 is 1.94 bits per heavy atom. The second kappa shape index (κ2) is 6.12. The van der Waals surface area contributed by atoms with E-state index in [1.807, 2.05) is 12.1 Å². The smallest absolute Gasteiger partial charge is 0.123 e. The highest BCUT2D eigenvalue weighted by Crippen LogP contribution is 2.15. The molecule has 1 nitrogen and oxygen atoms in total. The largest absolute Gasteiger partial charge is 0.309 e. The maximum Gasteiger partial charge on any atom is 0.123 e. The molecule has 0 fully saturated rings. The highest BCUT2D eigenvalue weighted by Gasteiger charge is 2.05. The first kappa shape index (κ1) is 13.2. The van der Waals surface area contributed by atoms with E-state index >= 15 is 0 Å². The normalized spacial score (nSPS) is 12.6. The van der Waals surface area contributed by atoms with E-state index in [9.17, 15) is 4.39 Å². The van der Waals surface area contributed by atoms with Gasteiger partial charge in [0.2, 0.25) is 0 Å². The van der Waals surface area contributed by atoms with Gasteiger partial charge >= 0.3 is 0 Å². The number of aryl methyl sites for hydroxylation is 1. The number of hydrogen-bond acceptors (Lipinski definition) is 2. The predicted octanol–water partition coefficient (Wildman–Crippen LogP) is 3.92. The number of nitrogens with one attached hydrogen (secondary N) is 1. The first-order valence-electron chi connectivity index (χ1n) is 6.16. The van der Waals surface area contributed by atoms with Crippen molar-refractivity contribution < 1.29 is 4.39 Å². The van der Waals surface area contributed by atoms with Crippen LogP contribution in [0.25, 0.3) is 0 Å². The topological polar surface area (TPSA) is 12.0 Å². The Bertz CT molecular complexity index is 489. The van der Waals surface area contributed by atoms with Crippen molar-refractivity contribution in [3.8, 4) is 0 Å². The Morgan fingerprint density at radius 3 is 2.56 bits per heavy atom. The van der Waals surface area contributed by atoms with Gasteiger partial charge < -0.3 is 5.32 Å². The summed E-state index contributed by atoms with van der Waals surface area (Å²) in [6.07, 6.45) is 0.921. The zero-order valence-corrected chi connectivity index (χ0v) is 11.6. The molecule has 1 heterocycles. The highest BCUT2D eigenvalue weighted by molar-refractivity contribution is 7.10. The number of thiophene rings is 1. The maximum absolute atomic E-state index is 12.8. The van der Waals surface area contributed by atoms with Gasteiger partial charge in [0.25, 0.3) is 0 Å². The summed E-state index contributed by atoms with van der Waals surface area (Å²) in [6, 6.07) is 9.27. The number of benzene rings is 1. The maximum atomic E-state index is 12.8. The van der Waals surface area contributed by atoms with Gasteiger partial charge in [0, 0.05) is 17.5 Å². The first-order valence-corrected chi connectivity index (χ1v) is 7.04. The quantitative estimate of drug-likeness (QED) is 0.862. The highest BCUT2D eigenvalue weighted by atomic mass is 32.1. The molecule has 0 saturated carbocycles. The molecule has 96 valence electrons. The lowest BCUT2D eigenvalue weighted by Gasteiger charge is -2.13. The van der Waals surface area contributed by atoms with Crippen molar-refractivity contribution in [1.29, 1.82) is 0 Å². The lowest BCUT2D eigenvalue weighted by atomic mass is 10.1. The summed E-state index contributed by atoms with van der Waals surface area (Å²) in [5, 5.41) is 5.63. The van der Waals surface area contributed by atoms with Gasteiger partial charge in [0.1, 0.15) is 5.82 Å². The number of halogens is 1. The Labute approximate surface area is 112 Å². The van der Waals surface area contributed by atoms with Gasteiger partial charge in [-0.15, -0.1) is 11.3 Å². The van der Waals surface area contributed by atoms with Gasteiger partial charge in [-0.25, -0.2) is 4.39 Å². The third-order valence-electron chi connectivity index (χ3n) is 3.03. The van der Waals surface area contributed by atoms with Gasteiger partial charge in [-0.2, -0.15) is 0 Å². The molecule has 1 aromatic heterocycles. The van der Waals surface area contributed by atoms with Crippen molar-refractivity contribution in [2.45, 2.75) is 32.9 Å². The predicted molar refractivity (Wildman–Crippen MR) is 75.5 cm³/mol. The van der Waals surface area contributed by atoms with E-state index in [1.54, 1.807) is 11.3 Å². The lowest BCUT2D eigenvalue weighted by Crippen LogP contribution is -2.27. The van der Waals surface area contributed by atoms with E-state index < -0.39 is 0 Å². The van der Waals surface area contributed by atoms with Crippen LogP contribution in [0.15, 0.2) is 35.7 Å². The molecule has 0 aliphatic rings. The van der Waals surface area contributed by atoms with Crippen LogP contribution >= 0.6 is 11.3 Å². The summed E-state index contributed by atoms with van der Waals surface area (Å²) >= 11 is 1.79. The monoisotopic (exact) mass is 263 g/mol. The van der Waals surface area contributed by atoms with Gasteiger partial charge in [0.05, 0.1) is 0 Å². The molecule has 0 bridgehead atoms. The van der Waals surface area contributed by atoms with Crippen LogP contribution in [-0.2, 0) is 13.0 Å². The zero-order valence-electron chi connectivity index (χ0n) is 10.7. The molecular formula is C15H18FNS. The molecule has 0 radical (unpaired) electrons. The van der Waals surface area contributed by atoms with Crippen molar-refractivity contribution in [3.05, 3.63) is 57.5 Å². The van der Waals surface area contributed by atoms with Crippen molar-refractivity contribution in [2.24, 2.45) is 0 Å². The molecule has 0 aliphatic carbocycles. The van der Waals surface area contributed by atoms with E-state index in [1.165, 1.54) is 28.1 Å². The van der Waals surface area contributed by atoms with Crippen molar-refractivity contribution >= 4 is 11.3 Å². The summed E-state index contributed by atoms with van der Waals surface area (Å²) in [5.74, 6) is -0.173. The van der Waals surface area contributed by atoms with Gasteiger partial charge in [-0.05, 0) is 55.0 Å². The molecule has 1 atom stereocenters. The van der Waals surface area contributed by atoms with Crippen LogP contribution in [0.1, 0.15) is 22.9 Å². The SMILES string of the molecule is Cc1ccsc1CNC(C)Cc1ccc(F)cc1. The van der Waals surface area contributed by atoms with Gasteiger partial charge in [-0.3, -0.25) is 0 Å². The Morgan fingerprint density at radius 1 is 1.22 bits per heavy atom. The molecule has 0 amide bonds. The standard InChI is InChI=1S/C15H18FNS/c1-11-7-8-18-15(11)10-17-12(2)9-13-3-5-14(16)6-4-13/h3-8,12,17H,9-10H2,1-2H3. The van der Waals surface area contributed by atoms with Crippen LogP contribution in [0.4, 0.5) is 4.39 Å². The fourth-order valence-corrected chi connectivity index (χ4v) is 2.76. The van der Waals surface area contributed by atoms with Crippen LogP contribution in [0.2, 0.25) is 0 Å². The molecular weight excluding hydrogens is 245 g/mol. The third-order valence-corrected chi connectivity index (χ3v) is 4.06. The average Bonchev–Trinajstić information content (AvgIpc) is 2.75. The molecule has 2 rings (SSSR count). The molecule has 3 heteroatoms. The molecule has 0 saturated heterocycles. The van der Waals surface area contributed by atoms with Crippen LogP contribution in [-0.4, -0.2) is 6.04 Å². The third kappa shape index (κ3) is 3.65. The van der Waals surface area contributed by atoms with Gasteiger partial charge in [0.15, 0.2) is 0 Å². The van der Waals surface area contributed by atoms with E-state index in [-0.39, 0.29) is 5.82 Å². The number of hydrogen-bond donors (Lipinski definition) is 1. The van der Waals surface area contributed by atoms with Crippen LogP contribution in [0.5, 0.6) is 0 Å². The number of rotatable bonds is 5. The first-order chi connectivity index (χ1) is 8.65. The summed E-state index contributed by atoms with van der Waals surface area (Å²) < 4.78 is 12.8. The summed E-state index contributed by atoms with van der Waals surface area (Å²) in [4.78, 5) is 1.39. The van der Waals surface area contributed by atoms with Crippen molar-refractivity contribution in [3.63, 3.8) is 0 Å². The minimum Gasteiger partial charge on any atom is -0.309 e. The van der Waals surface area contributed by atoms with Crippen molar-refractivity contribution in [2.75, 3.05) is 0 Å². The second-order valence-electron chi connectivity index (χ2n) is 4.64. The Hall–Kier alpha value is -1.19. The molecule has 18 heavy (non-hydrogen) atoms. The minimum absolute atomic E-state index is 0.173. The van der Waals surface area contributed by atoms with Crippen LogP contribution < -0.4 is 5.32 Å². The second-order valence-corrected chi connectivity index (χ2v) is 5.64. The summed E-state index contributed by atoms with van der Waals surface area (Å²) in [6.45, 7) is 5.20. The molecule has 1 N–H and O–H groups in total. The molecule has 2 aromatic rings. The average molecular weight is 263 g/mol. The zero-order chi connectivity index (χ0) is 13.0. The lowest BCUT2D eigenvalue weighted by molar-refractivity contribution is 0.547. The molecule has 0 aliphatic heterocycles. The molecule has 0 spiro atoms. The van der Waals surface area contributed by atoms with Crippen molar-refractivity contribution in [1.82, 2.24) is 5.32 Å². The van der Waals surface area contributed by atoms with E-state index in [4.69, 9.17) is 0 Å². The Balaban J connectivity index is 1.83. The fraction of sp³-hybridized carbons (Fsp3) is 0.333. The Kier molecular flexibility index (Phi) is 4.50. The van der Waals surface area contributed by atoms with Crippen LogP contribution in [0.3, 0.4) is 0 Å². The minimum atomic E-state index is -0.173. The van der Waals surface area contributed by atoms with E-state index in [0.29, 0.717) is 6.04 Å². The van der Waals surface area contributed by atoms with E-state index in [0.717, 1.165) is 13.0 Å². The summed E-state index contributed by atoms with van der Waals surface area (Å²) in [5.41, 5.74) is 2.51.